The van der Waals surface area contributed by atoms with E-state index < -0.39 is 87.5 Å². The van der Waals surface area contributed by atoms with Crippen LogP contribution in [-0.2, 0) is 14.4 Å². The molecule has 0 bridgehead atoms. The van der Waals surface area contributed by atoms with Gasteiger partial charge < -0.3 is 4.74 Å². The van der Waals surface area contributed by atoms with Crippen molar-refractivity contribution in [1.82, 2.24) is 0 Å². The van der Waals surface area contributed by atoms with E-state index in [1.54, 1.807) is 0 Å². The number of amides is 3. The van der Waals surface area contributed by atoms with Gasteiger partial charge >= 0.3 is 12.0 Å². The topological polar surface area (TPSA) is 66.9 Å². The SMILES string of the molecule is C#CCN1C(=O)C(F)(F)Oc2cc(F)c(-c3c(F)c(C)c(N(C(C)=O)C(C)=O)c(F)c3F)cc21. The lowest BCUT2D eigenvalue weighted by Crippen LogP contribution is -2.51. The van der Waals surface area contributed by atoms with Gasteiger partial charge in [-0.05, 0) is 13.0 Å². The number of carbonyl (C=O) groups is 3. The fourth-order valence-corrected chi connectivity index (χ4v) is 3.53. The van der Waals surface area contributed by atoms with E-state index in [0.29, 0.717) is 17.0 Å². The van der Waals surface area contributed by atoms with Crippen molar-refractivity contribution in [1.29, 1.82) is 0 Å². The second-order valence-corrected chi connectivity index (χ2v) is 7.18. The lowest BCUT2D eigenvalue weighted by Gasteiger charge is -2.33. The van der Waals surface area contributed by atoms with Gasteiger partial charge in [0.25, 0.3) is 0 Å². The van der Waals surface area contributed by atoms with Gasteiger partial charge in [-0.15, -0.1) is 6.42 Å². The van der Waals surface area contributed by atoms with E-state index in [2.05, 4.69) is 4.74 Å². The molecule has 0 fully saturated rings. The van der Waals surface area contributed by atoms with Crippen LogP contribution in [0.1, 0.15) is 19.4 Å². The number of terminal acetylenes is 1. The number of halogens is 6. The Hall–Kier alpha value is -4.01. The lowest BCUT2D eigenvalue weighted by molar-refractivity contribution is -0.192. The molecule has 3 amide bonds. The third kappa shape index (κ3) is 3.72. The average Bonchev–Trinajstić information content (AvgIpc) is 2.73. The zero-order chi connectivity index (χ0) is 25.7. The molecule has 0 atom stereocenters. The van der Waals surface area contributed by atoms with E-state index in [-0.39, 0.29) is 4.90 Å². The van der Waals surface area contributed by atoms with Crippen molar-refractivity contribution in [3.63, 3.8) is 0 Å². The van der Waals surface area contributed by atoms with Crippen LogP contribution < -0.4 is 14.5 Å². The van der Waals surface area contributed by atoms with Gasteiger partial charge in [0.1, 0.15) is 11.6 Å². The van der Waals surface area contributed by atoms with Gasteiger partial charge in [-0.3, -0.25) is 19.3 Å². The molecule has 12 heteroatoms. The normalized spacial score (nSPS) is 14.2. The van der Waals surface area contributed by atoms with Crippen molar-refractivity contribution in [2.24, 2.45) is 0 Å². The Balaban J connectivity index is 2.32. The first-order valence-electron chi connectivity index (χ1n) is 9.39. The van der Waals surface area contributed by atoms with Crippen LogP contribution >= 0.6 is 0 Å². The number of hydrogen-bond donors (Lipinski definition) is 0. The minimum Gasteiger partial charge on any atom is -0.423 e. The molecule has 178 valence electrons. The summed E-state index contributed by atoms with van der Waals surface area (Å²) < 4.78 is 92.0. The molecule has 0 aliphatic carbocycles. The molecule has 0 saturated carbocycles. The van der Waals surface area contributed by atoms with E-state index in [4.69, 9.17) is 6.42 Å². The Bertz CT molecular complexity index is 1260. The first-order chi connectivity index (χ1) is 15.7. The number of anilines is 2. The molecule has 0 spiro atoms. The highest BCUT2D eigenvalue weighted by atomic mass is 19.3. The summed E-state index contributed by atoms with van der Waals surface area (Å²) in [5.41, 5.74) is -4.49. The molecule has 34 heavy (non-hydrogen) atoms. The first kappa shape index (κ1) is 24.6. The monoisotopic (exact) mass is 484 g/mol. The van der Waals surface area contributed by atoms with E-state index in [9.17, 15) is 31.9 Å². The quantitative estimate of drug-likeness (QED) is 0.374. The summed E-state index contributed by atoms with van der Waals surface area (Å²) in [6, 6.07) is 0.939. The smallest absolute Gasteiger partial charge is 0.423 e. The highest BCUT2D eigenvalue weighted by Crippen LogP contribution is 2.45. The standard InChI is InChI=1S/C22H14F6N2O4/c1-5-6-29-14-7-12(13(23)8-15(14)34-22(27,28)21(29)33)16-17(24)9(2)20(19(26)18(16)25)30(10(3)31)11(4)32/h1,7-8H,6H2,2-4H3. The molecule has 2 aromatic rings. The van der Waals surface area contributed by atoms with Gasteiger partial charge in [-0.25, -0.2) is 22.5 Å². The lowest BCUT2D eigenvalue weighted by atomic mass is 9.97. The molecule has 6 nitrogen and oxygen atoms in total. The van der Waals surface area contributed by atoms with Crippen LogP contribution in [0.5, 0.6) is 5.75 Å². The molecule has 2 aromatic carbocycles. The van der Waals surface area contributed by atoms with Crippen molar-refractivity contribution in [2.75, 3.05) is 16.3 Å². The number of nitrogens with zero attached hydrogens (tertiary/aromatic N) is 2. The van der Waals surface area contributed by atoms with Crippen LogP contribution in [-0.4, -0.2) is 30.4 Å². The molecule has 0 saturated heterocycles. The molecule has 1 aliphatic heterocycles. The molecular formula is C22H14F6N2O4. The maximum Gasteiger partial charge on any atom is 0.483 e. The predicted octanol–water partition coefficient (Wildman–Crippen LogP) is 4.07. The number of alkyl halides is 2. The summed E-state index contributed by atoms with van der Waals surface area (Å²) >= 11 is 0. The third-order valence-corrected chi connectivity index (χ3v) is 4.97. The summed E-state index contributed by atoms with van der Waals surface area (Å²) in [5.74, 6) is -9.74. The average molecular weight is 484 g/mol. The summed E-state index contributed by atoms with van der Waals surface area (Å²) in [6.07, 6.45) is 0.708. The number of ether oxygens (including phenoxy) is 1. The van der Waals surface area contributed by atoms with Crippen molar-refractivity contribution in [3.8, 4) is 29.2 Å². The largest absolute Gasteiger partial charge is 0.483 e. The van der Waals surface area contributed by atoms with Crippen LogP contribution in [0.25, 0.3) is 11.1 Å². The van der Waals surface area contributed by atoms with Gasteiger partial charge in [0.2, 0.25) is 11.8 Å². The van der Waals surface area contributed by atoms with Crippen molar-refractivity contribution < 1.29 is 45.5 Å². The fourth-order valence-electron chi connectivity index (χ4n) is 3.53. The Kier molecular flexibility index (Phi) is 6.09. The predicted molar refractivity (Wildman–Crippen MR) is 107 cm³/mol. The van der Waals surface area contributed by atoms with Gasteiger partial charge in [-0.1, -0.05) is 5.92 Å². The molecule has 0 radical (unpaired) electrons. The Morgan fingerprint density at radius 2 is 1.68 bits per heavy atom. The Labute approximate surface area is 188 Å². The zero-order valence-electron chi connectivity index (χ0n) is 17.7. The van der Waals surface area contributed by atoms with Gasteiger partial charge in [0, 0.05) is 31.0 Å². The van der Waals surface area contributed by atoms with E-state index >= 15 is 8.78 Å². The van der Waals surface area contributed by atoms with Gasteiger partial charge in [0.05, 0.1) is 23.5 Å². The molecule has 0 N–H and O–H groups in total. The maximum atomic E-state index is 15.2. The Morgan fingerprint density at radius 1 is 1.09 bits per heavy atom. The number of carbonyl (C=O) groups excluding carboxylic acids is 3. The number of benzene rings is 2. The molecule has 3 rings (SSSR count). The summed E-state index contributed by atoms with van der Waals surface area (Å²) in [7, 11) is 0. The number of fused-ring (bicyclic) bond motifs is 1. The van der Waals surface area contributed by atoms with Crippen LogP contribution in [0.3, 0.4) is 0 Å². The van der Waals surface area contributed by atoms with Gasteiger partial charge in [0.15, 0.2) is 17.4 Å². The molecule has 0 aromatic heterocycles. The first-order valence-corrected chi connectivity index (χ1v) is 9.39. The summed E-state index contributed by atoms with van der Waals surface area (Å²) in [4.78, 5) is 36.1. The third-order valence-electron chi connectivity index (χ3n) is 4.97. The van der Waals surface area contributed by atoms with E-state index in [1.165, 1.54) is 0 Å². The van der Waals surface area contributed by atoms with Crippen molar-refractivity contribution in [2.45, 2.75) is 26.9 Å². The molecule has 1 heterocycles. The minimum atomic E-state index is -4.39. The van der Waals surface area contributed by atoms with Crippen LogP contribution in [0.15, 0.2) is 12.1 Å². The van der Waals surface area contributed by atoms with Gasteiger partial charge in [-0.2, -0.15) is 8.78 Å². The van der Waals surface area contributed by atoms with Crippen molar-refractivity contribution in [3.05, 3.63) is 41.0 Å². The highest BCUT2D eigenvalue weighted by molar-refractivity contribution is 6.14. The van der Waals surface area contributed by atoms with Crippen LogP contribution in [0, 0.1) is 42.5 Å². The second-order valence-electron chi connectivity index (χ2n) is 7.18. The summed E-state index contributed by atoms with van der Waals surface area (Å²) in [6.45, 7) is 1.92. The van der Waals surface area contributed by atoms with Crippen molar-refractivity contribution >= 4 is 29.1 Å². The number of hydrogen-bond acceptors (Lipinski definition) is 4. The zero-order valence-corrected chi connectivity index (χ0v) is 17.7. The highest BCUT2D eigenvalue weighted by Gasteiger charge is 2.50. The maximum absolute atomic E-state index is 15.2. The molecule has 1 aliphatic rings. The fraction of sp³-hybridized carbons (Fsp3) is 0.227. The number of rotatable bonds is 3. The second kappa shape index (κ2) is 8.40. The minimum absolute atomic E-state index is 0.201. The van der Waals surface area contributed by atoms with E-state index in [1.807, 2.05) is 5.92 Å². The Morgan fingerprint density at radius 3 is 2.21 bits per heavy atom. The van der Waals surface area contributed by atoms with Crippen LogP contribution in [0.4, 0.5) is 37.7 Å². The van der Waals surface area contributed by atoms with E-state index in [0.717, 1.165) is 20.8 Å². The molecular weight excluding hydrogens is 470 g/mol. The number of imide groups is 1. The molecule has 0 unspecified atom stereocenters. The van der Waals surface area contributed by atoms with Crippen LogP contribution in [0.2, 0.25) is 0 Å². The summed E-state index contributed by atoms with van der Waals surface area (Å²) in [5, 5.41) is 0.